The molecule has 2 atom stereocenters. The van der Waals surface area contributed by atoms with Crippen molar-refractivity contribution in [2.45, 2.75) is 32.4 Å². The first-order valence-corrected chi connectivity index (χ1v) is 9.71. The highest BCUT2D eigenvalue weighted by atomic mass is 19.1. The van der Waals surface area contributed by atoms with Crippen molar-refractivity contribution in [1.82, 2.24) is 40.4 Å². The summed E-state index contributed by atoms with van der Waals surface area (Å²) in [6, 6.07) is 1.92. The van der Waals surface area contributed by atoms with Gasteiger partial charge in [-0.05, 0) is 27.3 Å². The lowest BCUT2D eigenvalue weighted by atomic mass is 10.3. The fraction of sp³-hybridized carbons (Fsp3) is 0.444. The Bertz CT molecular complexity index is 990. The zero-order valence-electron chi connectivity index (χ0n) is 17.0. The molecule has 1 aliphatic heterocycles. The van der Waals surface area contributed by atoms with E-state index in [1.54, 1.807) is 0 Å². The van der Waals surface area contributed by atoms with E-state index >= 15 is 0 Å². The molecule has 0 bridgehead atoms. The van der Waals surface area contributed by atoms with Crippen LogP contribution in [-0.2, 0) is 0 Å². The molecule has 1 fully saturated rings. The Morgan fingerprint density at radius 2 is 1.97 bits per heavy atom. The maximum absolute atomic E-state index is 13.1. The van der Waals surface area contributed by atoms with Crippen LogP contribution < -0.4 is 20.9 Å². The van der Waals surface area contributed by atoms with Gasteiger partial charge in [0.1, 0.15) is 5.82 Å². The number of hydrogen-bond donors (Lipinski definition) is 4. The average molecular weight is 413 g/mol. The minimum absolute atomic E-state index is 0.329. The molecule has 0 spiro atoms. The van der Waals surface area contributed by atoms with E-state index < -0.39 is 5.82 Å². The summed E-state index contributed by atoms with van der Waals surface area (Å²) < 4.78 is 13.1. The number of hydrogen-bond acceptors (Lipinski definition) is 10. The summed E-state index contributed by atoms with van der Waals surface area (Å²) in [5.41, 5.74) is 0.920. The van der Waals surface area contributed by atoms with E-state index in [1.807, 2.05) is 27.0 Å². The van der Waals surface area contributed by atoms with Gasteiger partial charge in [-0.3, -0.25) is 5.10 Å². The molecule has 4 rings (SSSR count). The van der Waals surface area contributed by atoms with Crippen molar-refractivity contribution in [3.05, 3.63) is 35.8 Å². The molecule has 4 N–H and O–H groups in total. The second kappa shape index (κ2) is 8.53. The minimum Gasteiger partial charge on any atom is -0.344 e. The highest BCUT2D eigenvalue weighted by Crippen LogP contribution is 2.22. The molecule has 30 heavy (non-hydrogen) atoms. The fourth-order valence-electron chi connectivity index (χ4n) is 3.20. The van der Waals surface area contributed by atoms with Crippen molar-refractivity contribution < 1.29 is 4.39 Å². The second-order valence-corrected chi connectivity index (χ2v) is 7.19. The Labute approximate surface area is 173 Å². The molecule has 0 radical (unpaired) electrons. The first-order chi connectivity index (χ1) is 14.5. The lowest BCUT2D eigenvalue weighted by Gasteiger charge is -2.19. The number of nitrogens with zero attached hydrogens (tertiary/aromatic N) is 7. The normalized spacial score (nSPS) is 17.2. The Hall–Kier alpha value is -3.41. The van der Waals surface area contributed by atoms with E-state index in [2.05, 4.69) is 56.0 Å². The van der Waals surface area contributed by atoms with Gasteiger partial charge < -0.3 is 20.9 Å². The van der Waals surface area contributed by atoms with E-state index in [4.69, 9.17) is 0 Å². The Morgan fingerprint density at radius 3 is 2.63 bits per heavy atom. The molecule has 0 aromatic carbocycles. The van der Waals surface area contributed by atoms with Crippen LogP contribution in [0.5, 0.6) is 0 Å². The predicted octanol–water partition coefficient (Wildman–Crippen LogP) is 1.55. The summed E-state index contributed by atoms with van der Waals surface area (Å²) in [4.78, 5) is 23.8. The van der Waals surface area contributed by atoms with Gasteiger partial charge in [-0.1, -0.05) is 0 Å². The molecular formula is C18H24FN11. The van der Waals surface area contributed by atoms with Crippen LogP contribution in [0.15, 0.2) is 18.5 Å². The summed E-state index contributed by atoms with van der Waals surface area (Å²) in [6.45, 7) is 5.41. The number of likely N-dealkylation sites (N-methyl/N-ethyl adjacent to an activating group) is 1. The maximum atomic E-state index is 13.1. The summed E-state index contributed by atoms with van der Waals surface area (Å²) in [5.74, 6) is 1.86. The zero-order chi connectivity index (χ0) is 21.1. The molecule has 3 aromatic rings. The summed E-state index contributed by atoms with van der Waals surface area (Å²) in [6.07, 6.45) is 3.27. The van der Waals surface area contributed by atoms with E-state index in [9.17, 15) is 4.39 Å². The van der Waals surface area contributed by atoms with Crippen LogP contribution >= 0.6 is 0 Å². The molecule has 158 valence electrons. The molecule has 3 aromatic heterocycles. The van der Waals surface area contributed by atoms with Crippen LogP contribution in [0.4, 0.5) is 28.1 Å². The van der Waals surface area contributed by atoms with Gasteiger partial charge in [-0.25, -0.2) is 14.4 Å². The SMILES string of the molecule is CN[C@@H]1CCN(c2nc(Nc3cc(C)[nH]n3)nc(N[C@@H](C)c3ncc(F)cn3)n2)C1. The average Bonchev–Trinajstić information content (AvgIpc) is 3.37. The molecule has 0 aliphatic carbocycles. The van der Waals surface area contributed by atoms with Crippen LogP contribution in [0, 0.1) is 12.7 Å². The quantitative estimate of drug-likeness (QED) is 0.452. The zero-order valence-corrected chi connectivity index (χ0v) is 17.0. The molecule has 1 saturated heterocycles. The fourth-order valence-corrected chi connectivity index (χ4v) is 3.20. The van der Waals surface area contributed by atoms with Gasteiger partial charge in [-0.15, -0.1) is 0 Å². The molecular weight excluding hydrogens is 389 g/mol. The van der Waals surface area contributed by atoms with Gasteiger partial charge in [0.05, 0.1) is 18.4 Å². The number of H-pyrrole nitrogens is 1. The topological polar surface area (TPSA) is 132 Å². The Balaban J connectivity index is 1.59. The van der Waals surface area contributed by atoms with Crippen molar-refractivity contribution in [1.29, 1.82) is 0 Å². The number of nitrogens with one attached hydrogen (secondary N) is 4. The summed E-state index contributed by atoms with van der Waals surface area (Å²) in [7, 11) is 1.95. The van der Waals surface area contributed by atoms with Gasteiger partial charge in [0, 0.05) is 30.9 Å². The van der Waals surface area contributed by atoms with Crippen LogP contribution in [0.25, 0.3) is 0 Å². The number of aryl methyl sites for hydroxylation is 1. The van der Waals surface area contributed by atoms with Crippen LogP contribution in [0.3, 0.4) is 0 Å². The standard InChI is InChI=1S/C18H24FN11/c1-10-6-14(29-28-10)24-17-25-16(23-11(2)15-21-7-12(19)8-22-15)26-18(27-17)30-5-4-13(9-30)20-3/h6-8,11,13,20H,4-5,9H2,1-3H3,(H3,23,24,25,26,27,28,29)/t11-,13+/m0/s1. The lowest BCUT2D eigenvalue weighted by molar-refractivity contribution is 0.604. The van der Waals surface area contributed by atoms with E-state index in [0.29, 0.717) is 35.5 Å². The van der Waals surface area contributed by atoms with Crippen LogP contribution in [0.2, 0.25) is 0 Å². The second-order valence-electron chi connectivity index (χ2n) is 7.19. The van der Waals surface area contributed by atoms with Crippen molar-refractivity contribution in [3.8, 4) is 0 Å². The molecule has 0 unspecified atom stereocenters. The third-order valence-corrected chi connectivity index (χ3v) is 4.82. The minimum atomic E-state index is -0.484. The van der Waals surface area contributed by atoms with Gasteiger partial charge in [0.2, 0.25) is 17.8 Å². The third-order valence-electron chi connectivity index (χ3n) is 4.82. The van der Waals surface area contributed by atoms with Crippen molar-refractivity contribution in [2.24, 2.45) is 0 Å². The summed E-state index contributed by atoms with van der Waals surface area (Å²) in [5, 5.41) is 16.6. The van der Waals surface area contributed by atoms with Crippen molar-refractivity contribution >= 4 is 23.7 Å². The highest BCUT2D eigenvalue weighted by Gasteiger charge is 2.24. The lowest BCUT2D eigenvalue weighted by Crippen LogP contribution is -2.30. The molecule has 12 heteroatoms. The van der Waals surface area contributed by atoms with Gasteiger partial charge in [0.15, 0.2) is 11.6 Å². The van der Waals surface area contributed by atoms with Crippen LogP contribution in [0.1, 0.15) is 30.9 Å². The van der Waals surface area contributed by atoms with Crippen LogP contribution in [-0.4, -0.2) is 61.3 Å². The van der Waals surface area contributed by atoms with E-state index in [1.165, 1.54) is 0 Å². The van der Waals surface area contributed by atoms with Gasteiger partial charge in [-0.2, -0.15) is 20.1 Å². The van der Waals surface area contributed by atoms with E-state index in [-0.39, 0.29) is 6.04 Å². The molecule has 0 amide bonds. The molecule has 1 aliphatic rings. The number of halogens is 1. The monoisotopic (exact) mass is 413 g/mol. The molecule has 11 nitrogen and oxygen atoms in total. The Morgan fingerprint density at radius 1 is 1.20 bits per heavy atom. The first kappa shape index (κ1) is 19.9. The smallest absolute Gasteiger partial charge is 0.235 e. The number of aromatic nitrogens is 7. The first-order valence-electron chi connectivity index (χ1n) is 9.71. The van der Waals surface area contributed by atoms with E-state index in [0.717, 1.165) is 37.6 Å². The number of aromatic amines is 1. The largest absolute Gasteiger partial charge is 0.344 e. The van der Waals surface area contributed by atoms with Crippen molar-refractivity contribution in [3.63, 3.8) is 0 Å². The van der Waals surface area contributed by atoms with Gasteiger partial charge >= 0.3 is 0 Å². The summed E-state index contributed by atoms with van der Waals surface area (Å²) >= 11 is 0. The van der Waals surface area contributed by atoms with Gasteiger partial charge in [0.25, 0.3) is 0 Å². The molecule has 4 heterocycles. The predicted molar refractivity (Wildman–Crippen MR) is 110 cm³/mol. The number of rotatable bonds is 7. The molecule has 0 saturated carbocycles. The van der Waals surface area contributed by atoms with Crippen molar-refractivity contribution in [2.75, 3.05) is 35.7 Å². The Kier molecular flexibility index (Phi) is 5.65. The highest BCUT2D eigenvalue weighted by molar-refractivity contribution is 5.53. The third kappa shape index (κ3) is 4.59. The number of anilines is 4. The maximum Gasteiger partial charge on any atom is 0.235 e.